The van der Waals surface area contributed by atoms with Crippen molar-refractivity contribution in [2.75, 3.05) is 0 Å². The fourth-order valence-electron chi connectivity index (χ4n) is 2.06. The van der Waals surface area contributed by atoms with E-state index in [1.807, 2.05) is 57.2 Å². The Morgan fingerprint density at radius 3 is 2.43 bits per heavy atom. The Balaban J connectivity index is 2.20. The van der Waals surface area contributed by atoms with E-state index in [0.29, 0.717) is 18.2 Å². The third kappa shape index (κ3) is 5.57. The first-order valence-corrected chi connectivity index (χ1v) is 7.84. The molecule has 0 N–H and O–H groups in total. The molecule has 0 bridgehead atoms. The summed E-state index contributed by atoms with van der Waals surface area (Å²) in [6, 6.07) is 13.4. The standard InChI is InChI=1S/C18H21ClN2O2/c1-18(2,3)23-17(22)21(12-14-8-5-4-6-9-14)13-15-10-7-11-20-16(15)19/h4-11H,12-13H2,1-3H3. The molecule has 0 fully saturated rings. The Hall–Kier alpha value is -2.07. The van der Waals surface area contributed by atoms with Gasteiger partial charge in [-0.25, -0.2) is 9.78 Å². The Kier molecular flexibility index (Phi) is 5.61. The minimum atomic E-state index is -0.551. The number of carbonyl (C=O) groups excluding carboxylic acids is 1. The number of amides is 1. The average Bonchev–Trinajstić information content (AvgIpc) is 2.48. The van der Waals surface area contributed by atoms with Gasteiger partial charge in [-0.2, -0.15) is 0 Å². The van der Waals surface area contributed by atoms with E-state index >= 15 is 0 Å². The van der Waals surface area contributed by atoms with E-state index in [9.17, 15) is 4.79 Å². The number of hydrogen-bond acceptors (Lipinski definition) is 3. The first-order chi connectivity index (χ1) is 10.8. The van der Waals surface area contributed by atoms with Gasteiger partial charge in [-0.3, -0.25) is 4.90 Å². The predicted octanol–water partition coefficient (Wildman–Crippen LogP) is 4.67. The van der Waals surface area contributed by atoms with Crippen molar-refractivity contribution >= 4 is 17.7 Å². The van der Waals surface area contributed by atoms with Crippen molar-refractivity contribution in [2.45, 2.75) is 39.5 Å². The summed E-state index contributed by atoms with van der Waals surface area (Å²) in [6.45, 7) is 6.34. The van der Waals surface area contributed by atoms with Gasteiger partial charge >= 0.3 is 6.09 Å². The van der Waals surface area contributed by atoms with Crippen molar-refractivity contribution in [1.29, 1.82) is 0 Å². The summed E-state index contributed by atoms with van der Waals surface area (Å²) >= 11 is 6.12. The molecule has 0 unspecified atom stereocenters. The maximum atomic E-state index is 12.5. The molecule has 0 saturated heterocycles. The quantitative estimate of drug-likeness (QED) is 0.764. The lowest BCUT2D eigenvalue weighted by Crippen LogP contribution is -2.36. The van der Waals surface area contributed by atoms with Gasteiger partial charge in [0.25, 0.3) is 0 Å². The zero-order chi connectivity index (χ0) is 16.9. The molecule has 23 heavy (non-hydrogen) atoms. The number of benzene rings is 1. The molecule has 2 rings (SSSR count). The van der Waals surface area contributed by atoms with Crippen molar-refractivity contribution < 1.29 is 9.53 Å². The summed E-state index contributed by atoms with van der Waals surface area (Å²) < 4.78 is 5.51. The van der Waals surface area contributed by atoms with Crippen LogP contribution >= 0.6 is 11.6 Å². The third-order valence-corrected chi connectivity index (χ3v) is 3.41. The molecular formula is C18H21ClN2O2. The van der Waals surface area contributed by atoms with Gasteiger partial charge in [0.05, 0.1) is 6.54 Å². The minimum absolute atomic E-state index is 0.344. The van der Waals surface area contributed by atoms with Crippen LogP contribution in [-0.2, 0) is 17.8 Å². The highest BCUT2D eigenvalue weighted by molar-refractivity contribution is 6.30. The monoisotopic (exact) mass is 332 g/mol. The van der Waals surface area contributed by atoms with Gasteiger partial charge in [0.15, 0.2) is 0 Å². The largest absolute Gasteiger partial charge is 0.444 e. The van der Waals surface area contributed by atoms with Crippen LogP contribution in [0.25, 0.3) is 0 Å². The summed E-state index contributed by atoms with van der Waals surface area (Å²) in [5.74, 6) is 0. The second-order valence-electron chi connectivity index (χ2n) is 6.28. The van der Waals surface area contributed by atoms with E-state index in [4.69, 9.17) is 16.3 Å². The summed E-state index contributed by atoms with van der Waals surface area (Å²) in [4.78, 5) is 18.2. The van der Waals surface area contributed by atoms with Crippen LogP contribution in [0.5, 0.6) is 0 Å². The van der Waals surface area contributed by atoms with E-state index < -0.39 is 5.60 Å². The van der Waals surface area contributed by atoms with Gasteiger partial charge in [-0.05, 0) is 32.4 Å². The second-order valence-corrected chi connectivity index (χ2v) is 6.63. The number of rotatable bonds is 4. The van der Waals surface area contributed by atoms with E-state index in [0.717, 1.165) is 11.1 Å². The van der Waals surface area contributed by atoms with Crippen LogP contribution in [0, 0.1) is 0 Å². The van der Waals surface area contributed by atoms with Gasteiger partial charge in [-0.15, -0.1) is 0 Å². The van der Waals surface area contributed by atoms with Gasteiger partial charge < -0.3 is 4.74 Å². The molecule has 5 heteroatoms. The Labute approximate surface area is 142 Å². The number of pyridine rings is 1. The summed E-state index contributed by atoms with van der Waals surface area (Å²) in [6.07, 6.45) is 1.25. The van der Waals surface area contributed by atoms with Crippen LogP contribution in [0.2, 0.25) is 5.15 Å². The molecule has 2 aromatic rings. The van der Waals surface area contributed by atoms with Crippen molar-refractivity contribution in [1.82, 2.24) is 9.88 Å². The topological polar surface area (TPSA) is 42.4 Å². The predicted molar refractivity (Wildman–Crippen MR) is 91.2 cm³/mol. The molecule has 0 radical (unpaired) electrons. The second kappa shape index (κ2) is 7.47. The highest BCUT2D eigenvalue weighted by atomic mass is 35.5. The van der Waals surface area contributed by atoms with Crippen LogP contribution in [0.4, 0.5) is 4.79 Å². The lowest BCUT2D eigenvalue weighted by Gasteiger charge is -2.27. The first-order valence-electron chi connectivity index (χ1n) is 7.46. The van der Waals surface area contributed by atoms with Crippen molar-refractivity contribution in [3.05, 3.63) is 64.9 Å². The number of ether oxygens (including phenoxy) is 1. The molecule has 0 aliphatic carbocycles. The first kappa shape index (κ1) is 17.3. The summed E-state index contributed by atoms with van der Waals surface area (Å²) in [5.41, 5.74) is 1.26. The molecular weight excluding hydrogens is 312 g/mol. The van der Waals surface area contributed by atoms with Crippen molar-refractivity contribution in [3.8, 4) is 0 Å². The molecule has 0 aliphatic rings. The van der Waals surface area contributed by atoms with Gasteiger partial charge in [0.2, 0.25) is 0 Å². The number of nitrogens with zero attached hydrogens (tertiary/aromatic N) is 2. The molecule has 1 aromatic carbocycles. The summed E-state index contributed by atoms with van der Waals surface area (Å²) in [5, 5.41) is 0.397. The fourth-order valence-corrected chi connectivity index (χ4v) is 2.24. The number of hydrogen-bond donors (Lipinski definition) is 0. The smallest absolute Gasteiger partial charge is 0.410 e. The normalized spacial score (nSPS) is 11.1. The van der Waals surface area contributed by atoms with Crippen molar-refractivity contribution in [2.24, 2.45) is 0 Å². The van der Waals surface area contributed by atoms with Crippen LogP contribution in [0.3, 0.4) is 0 Å². The van der Waals surface area contributed by atoms with Crippen LogP contribution in [0.15, 0.2) is 48.7 Å². The average molecular weight is 333 g/mol. The zero-order valence-electron chi connectivity index (χ0n) is 13.6. The van der Waals surface area contributed by atoms with Gasteiger partial charge in [0, 0.05) is 18.3 Å². The highest BCUT2D eigenvalue weighted by Crippen LogP contribution is 2.19. The van der Waals surface area contributed by atoms with Crippen LogP contribution in [-0.4, -0.2) is 21.6 Å². The third-order valence-electron chi connectivity index (χ3n) is 3.07. The van der Waals surface area contributed by atoms with E-state index in [1.54, 1.807) is 17.2 Å². The Morgan fingerprint density at radius 2 is 1.83 bits per heavy atom. The molecule has 0 saturated carbocycles. The van der Waals surface area contributed by atoms with Gasteiger partial charge in [0.1, 0.15) is 10.8 Å². The van der Waals surface area contributed by atoms with E-state index in [1.165, 1.54) is 0 Å². The van der Waals surface area contributed by atoms with Crippen LogP contribution < -0.4 is 0 Å². The molecule has 122 valence electrons. The summed E-state index contributed by atoms with van der Waals surface area (Å²) in [7, 11) is 0. The van der Waals surface area contributed by atoms with E-state index in [-0.39, 0.29) is 6.09 Å². The molecule has 4 nitrogen and oxygen atoms in total. The van der Waals surface area contributed by atoms with Crippen molar-refractivity contribution in [3.63, 3.8) is 0 Å². The number of halogens is 1. The number of aromatic nitrogens is 1. The molecule has 1 heterocycles. The molecule has 1 amide bonds. The molecule has 0 atom stereocenters. The maximum absolute atomic E-state index is 12.5. The van der Waals surface area contributed by atoms with Gasteiger partial charge in [-0.1, -0.05) is 48.0 Å². The van der Waals surface area contributed by atoms with Crippen LogP contribution in [0.1, 0.15) is 31.9 Å². The minimum Gasteiger partial charge on any atom is -0.444 e. The lowest BCUT2D eigenvalue weighted by atomic mass is 10.2. The van der Waals surface area contributed by atoms with E-state index in [2.05, 4.69) is 4.98 Å². The number of carbonyl (C=O) groups is 1. The molecule has 0 spiro atoms. The molecule has 1 aromatic heterocycles. The Morgan fingerprint density at radius 1 is 1.13 bits per heavy atom. The SMILES string of the molecule is CC(C)(C)OC(=O)N(Cc1ccccc1)Cc1cccnc1Cl. The lowest BCUT2D eigenvalue weighted by molar-refractivity contribution is 0.0216. The fraction of sp³-hybridized carbons (Fsp3) is 0.333. The highest BCUT2D eigenvalue weighted by Gasteiger charge is 2.23. The molecule has 0 aliphatic heterocycles. The maximum Gasteiger partial charge on any atom is 0.410 e. The Bertz CT molecular complexity index is 654. The zero-order valence-corrected chi connectivity index (χ0v) is 14.4.